The SMILES string of the molecule is CCC(C)C(C)C(C)C(C)C.N=P. The third-order valence-electron chi connectivity index (χ3n) is 3.42. The van der Waals surface area contributed by atoms with E-state index in [1.54, 1.807) is 0 Å². The Kier molecular flexibility index (Phi) is 10.4. The molecule has 0 amide bonds. The molecule has 0 aliphatic rings. The predicted octanol–water partition coefficient (Wildman–Crippen LogP) is 4.85. The summed E-state index contributed by atoms with van der Waals surface area (Å²) in [5, 5.41) is 5.56. The Bertz CT molecular complexity index is 115. The number of nitrogens with one attached hydrogen (secondary N) is 1. The van der Waals surface area contributed by atoms with Gasteiger partial charge in [0.15, 0.2) is 0 Å². The standard InChI is InChI=1S/C11H24.H2NP/c1-7-9(4)11(6)10(5)8(2)3;1-2/h8-11H,7H2,1-6H3;1-2H. The van der Waals surface area contributed by atoms with Gasteiger partial charge in [0.05, 0.1) is 0 Å². The highest BCUT2D eigenvalue weighted by atomic mass is 31.0. The van der Waals surface area contributed by atoms with E-state index < -0.39 is 0 Å². The molecule has 0 spiro atoms. The van der Waals surface area contributed by atoms with Crippen molar-refractivity contribution in [2.45, 2.75) is 48.0 Å². The summed E-state index contributed by atoms with van der Waals surface area (Å²) in [6.45, 7) is 14.1. The second-order valence-corrected chi connectivity index (χ2v) is 4.35. The van der Waals surface area contributed by atoms with Gasteiger partial charge >= 0.3 is 0 Å². The van der Waals surface area contributed by atoms with Crippen molar-refractivity contribution >= 4 is 9.03 Å². The fraction of sp³-hybridized carbons (Fsp3) is 1.00. The molecule has 80 valence electrons. The minimum absolute atomic E-state index is 0.832. The van der Waals surface area contributed by atoms with Crippen LogP contribution in [-0.2, 0) is 0 Å². The minimum Gasteiger partial charge on any atom is -0.287 e. The quantitative estimate of drug-likeness (QED) is 0.631. The maximum Gasteiger partial charge on any atom is -0.0185 e. The Hall–Kier alpha value is 0.100. The molecule has 3 atom stereocenters. The van der Waals surface area contributed by atoms with E-state index in [2.05, 4.69) is 50.6 Å². The summed E-state index contributed by atoms with van der Waals surface area (Å²) in [6, 6.07) is 0. The van der Waals surface area contributed by atoms with E-state index in [4.69, 9.17) is 5.16 Å². The van der Waals surface area contributed by atoms with E-state index in [0.29, 0.717) is 0 Å². The maximum absolute atomic E-state index is 5.56. The molecule has 0 aliphatic heterocycles. The molecular weight excluding hydrogens is 177 g/mol. The Morgan fingerprint density at radius 3 is 1.54 bits per heavy atom. The molecule has 2 heteroatoms. The number of hydrogen-bond donors (Lipinski definition) is 1. The molecule has 0 aliphatic carbocycles. The van der Waals surface area contributed by atoms with Gasteiger partial charge < -0.3 is 0 Å². The number of hydrogen-bond acceptors (Lipinski definition) is 1. The zero-order valence-electron chi connectivity index (χ0n) is 10.0. The van der Waals surface area contributed by atoms with Crippen LogP contribution in [0, 0.1) is 28.8 Å². The Balaban J connectivity index is 0. The van der Waals surface area contributed by atoms with Crippen LogP contribution in [0.3, 0.4) is 0 Å². The second-order valence-electron chi connectivity index (χ2n) is 4.35. The fourth-order valence-electron chi connectivity index (χ4n) is 1.50. The molecule has 1 nitrogen and oxygen atoms in total. The van der Waals surface area contributed by atoms with Crippen LogP contribution >= 0.6 is 9.03 Å². The molecule has 0 aromatic heterocycles. The van der Waals surface area contributed by atoms with Gasteiger partial charge in [-0.25, -0.2) is 0 Å². The molecule has 0 aromatic carbocycles. The predicted molar refractivity (Wildman–Crippen MR) is 63.7 cm³/mol. The van der Waals surface area contributed by atoms with Gasteiger partial charge in [-0.3, -0.25) is 5.16 Å². The molecule has 1 N–H and O–H groups in total. The fourth-order valence-corrected chi connectivity index (χ4v) is 1.50. The van der Waals surface area contributed by atoms with Crippen LogP contribution in [0.1, 0.15) is 48.0 Å². The van der Waals surface area contributed by atoms with Gasteiger partial charge in [-0.1, -0.05) is 48.0 Å². The summed E-state index contributed by atoms with van der Waals surface area (Å²) in [5.41, 5.74) is 0. The first-order valence-corrected chi connectivity index (χ1v) is 5.75. The lowest BCUT2D eigenvalue weighted by Crippen LogP contribution is -2.20. The van der Waals surface area contributed by atoms with Crippen LogP contribution in [-0.4, -0.2) is 0 Å². The van der Waals surface area contributed by atoms with Gasteiger partial charge in [0, 0.05) is 0 Å². The molecule has 0 fully saturated rings. The normalized spacial score (nSPS) is 17.2. The Morgan fingerprint density at radius 1 is 0.923 bits per heavy atom. The van der Waals surface area contributed by atoms with E-state index in [-0.39, 0.29) is 0 Å². The Morgan fingerprint density at radius 2 is 1.31 bits per heavy atom. The van der Waals surface area contributed by atoms with Crippen molar-refractivity contribution in [1.29, 1.82) is 5.16 Å². The van der Waals surface area contributed by atoms with Gasteiger partial charge in [-0.2, -0.15) is 0 Å². The molecular formula is C11H26NP. The molecule has 0 heterocycles. The van der Waals surface area contributed by atoms with Crippen molar-refractivity contribution in [2.24, 2.45) is 23.7 Å². The lowest BCUT2D eigenvalue weighted by atomic mass is 9.78. The van der Waals surface area contributed by atoms with Gasteiger partial charge in [-0.15, -0.1) is 0 Å². The monoisotopic (exact) mass is 203 g/mol. The largest absolute Gasteiger partial charge is 0.287 e. The van der Waals surface area contributed by atoms with Crippen molar-refractivity contribution in [3.05, 3.63) is 0 Å². The van der Waals surface area contributed by atoms with Crippen molar-refractivity contribution in [2.75, 3.05) is 0 Å². The molecule has 0 saturated carbocycles. The topological polar surface area (TPSA) is 23.9 Å². The van der Waals surface area contributed by atoms with Gasteiger partial charge in [0.25, 0.3) is 0 Å². The first-order valence-electron chi connectivity index (χ1n) is 5.25. The average Bonchev–Trinajstić information content (AvgIpc) is 2.17. The van der Waals surface area contributed by atoms with E-state index in [9.17, 15) is 0 Å². The first kappa shape index (κ1) is 15.6. The smallest absolute Gasteiger partial charge is 0.0185 e. The highest BCUT2D eigenvalue weighted by Crippen LogP contribution is 2.27. The Labute approximate surface area is 86.4 Å². The van der Waals surface area contributed by atoms with E-state index in [1.165, 1.54) is 6.42 Å². The van der Waals surface area contributed by atoms with Crippen LogP contribution in [0.15, 0.2) is 0 Å². The first-order chi connectivity index (χ1) is 6.00. The summed E-state index contributed by atoms with van der Waals surface area (Å²) < 4.78 is 0. The van der Waals surface area contributed by atoms with Crippen molar-refractivity contribution in [1.82, 2.24) is 0 Å². The third-order valence-corrected chi connectivity index (χ3v) is 3.42. The van der Waals surface area contributed by atoms with Gasteiger partial charge in [0.2, 0.25) is 0 Å². The molecule has 13 heavy (non-hydrogen) atoms. The second kappa shape index (κ2) is 8.69. The maximum atomic E-state index is 5.56. The minimum atomic E-state index is 0.832. The molecule has 0 rings (SSSR count). The van der Waals surface area contributed by atoms with Crippen molar-refractivity contribution in [3.8, 4) is 0 Å². The third kappa shape index (κ3) is 6.21. The van der Waals surface area contributed by atoms with Crippen molar-refractivity contribution in [3.63, 3.8) is 0 Å². The van der Waals surface area contributed by atoms with Crippen LogP contribution in [0.2, 0.25) is 0 Å². The molecule has 0 bridgehead atoms. The van der Waals surface area contributed by atoms with Crippen molar-refractivity contribution < 1.29 is 0 Å². The van der Waals surface area contributed by atoms with Gasteiger partial charge in [-0.05, 0) is 32.7 Å². The lowest BCUT2D eigenvalue weighted by molar-refractivity contribution is 0.219. The molecule has 0 saturated heterocycles. The summed E-state index contributed by atoms with van der Waals surface area (Å²) >= 11 is 0. The molecule has 3 unspecified atom stereocenters. The summed E-state index contributed by atoms with van der Waals surface area (Å²) in [6.07, 6.45) is 1.32. The molecule has 0 radical (unpaired) electrons. The number of rotatable bonds is 4. The van der Waals surface area contributed by atoms with E-state index in [0.717, 1.165) is 23.7 Å². The lowest BCUT2D eigenvalue weighted by Gasteiger charge is -2.28. The van der Waals surface area contributed by atoms with E-state index >= 15 is 0 Å². The van der Waals surface area contributed by atoms with Crippen LogP contribution < -0.4 is 0 Å². The van der Waals surface area contributed by atoms with E-state index in [1.807, 2.05) is 0 Å². The summed E-state index contributed by atoms with van der Waals surface area (Å²) in [5.74, 6) is 3.45. The average molecular weight is 203 g/mol. The van der Waals surface area contributed by atoms with Crippen LogP contribution in [0.5, 0.6) is 0 Å². The van der Waals surface area contributed by atoms with Crippen LogP contribution in [0.4, 0.5) is 0 Å². The van der Waals surface area contributed by atoms with Crippen LogP contribution in [0.25, 0.3) is 0 Å². The highest BCUT2D eigenvalue weighted by molar-refractivity contribution is 7.02. The zero-order valence-corrected chi connectivity index (χ0v) is 11.0. The van der Waals surface area contributed by atoms with Gasteiger partial charge in [0.1, 0.15) is 0 Å². The summed E-state index contributed by atoms with van der Waals surface area (Å²) in [4.78, 5) is 0. The summed E-state index contributed by atoms with van der Waals surface area (Å²) in [7, 11) is 2.22. The zero-order chi connectivity index (χ0) is 11.0. The highest BCUT2D eigenvalue weighted by Gasteiger charge is 2.19. The molecule has 0 aromatic rings.